The molecule has 0 unspecified atom stereocenters. The number of carboxylic acids is 1. The number of hydrogen-bond donors (Lipinski definition) is 2. The first kappa shape index (κ1) is 11.9. The Morgan fingerprint density at radius 1 is 1.50 bits per heavy atom. The third kappa shape index (κ3) is 2.45. The number of benzene rings is 1. The molecule has 2 N–H and O–H groups in total. The Hall–Kier alpha value is -2.15. The number of aromatic carboxylic acids is 1. The van der Waals surface area contributed by atoms with Crippen LogP contribution in [-0.4, -0.2) is 35.1 Å². The van der Waals surface area contributed by atoms with Crippen molar-refractivity contribution < 1.29 is 14.8 Å². The number of rotatable bonds is 4. The van der Waals surface area contributed by atoms with Crippen LogP contribution in [0.3, 0.4) is 0 Å². The molecule has 1 aromatic rings. The lowest BCUT2D eigenvalue weighted by Gasteiger charge is -2.13. The second-order valence-corrected chi connectivity index (χ2v) is 3.27. The number of nitro benzene ring substituents is 1. The Morgan fingerprint density at radius 2 is 2.12 bits per heavy atom. The number of anilines is 1. The van der Waals surface area contributed by atoms with Gasteiger partial charge in [0.05, 0.1) is 4.92 Å². The Kier molecular flexibility index (Phi) is 3.41. The summed E-state index contributed by atoms with van der Waals surface area (Å²) in [6.45, 7) is 0. The second-order valence-electron chi connectivity index (χ2n) is 3.27. The van der Waals surface area contributed by atoms with Crippen LogP contribution in [0.1, 0.15) is 10.4 Å². The molecule has 7 heteroatoms. The van der Waals surface area contributed by atoms with E-state index in [2.05, 4.69) is 5.43 Å². The van der Waals surface area contributed by atoms with E-state index in [1.807, 2.05) is 0 Å². The number of nitrogens with one attached hydrogen (secondary N) is 1. The summed E-state index contributed by atoms with van der Waals surface area (Å²) in [6, 6.07) is 4.09. The number of carbonyl (C=O) groups is 1. The Labute approximate surface area is 91.4 Å². The summed E-state index contributed by atoms with van der Waals surface area (Å²) in [7, 11) is 3.30. The molecule has 0 aromatic heterocycles. The van der Waals surface area contributed by atoms with Gasteiger partial charge in [0.15, 0.2) is 0 Å². The summed E-state index contributed by atoms with van der Waals surface area (Å²) in [5.74, 6) is -1.32. The molecule has 0 saturated carbocycles. The van der Waals surface area contributed by atoms with E-state index >= 15 is 0 Å². The van der Waals surface area contributed by atoms with Crippen molar-refractivity contribution in [3.63, 3.8) is 0 Å². The van der Waals surface area contributed by atoms with Gasteiger partial charge in [0, 0.05) is 14.1 Å². The lowest BCUT2D eigenvalue weighted by molar-refractivity contribution is -0.384. The van der Waals surface area contributed by atoms with Gasteiger partial charge in [-0.3, -0.25) is 10.1 Å². The summed E-state index contributed by atoms with van der Waals surface area (Å²) in [5.41, 5.74) is 2.05. The predicted octanol–water partition coefficient (Wildman–Crippen LogP) is 1.18. The van der Waals surface area contributed by atoms with Crippen molar-refractivity contribution in [2.75, 3.05) is 19.5 Å². The largest absolute Gasteiger partial charge is 0.477 e. The van der Waals surface area contributed by atoms with Crippen LogP contribution in [-0.2, 0) is 0 Å². The molecule has 0 aliphatic rings. The first-order valence-electron chi connectivity index (χ1n) is 4.38. The Bertz CT molecular complexity index is 431. The summed E-state index contributed by atoms with van der Waals surface area (Å²) >= 11 is 0. The summed E-state index contributed by atoms with van der Waals surface area (Å²) in [5, 5.41) is 21.1. The zero-order valence-electron chi connectivity index (χ0n) is 8.80. The molecule has 1 rings (SSSR count). The summed E-state index contributed by atoms with van der Waals surface area (Å²) in [6.07, 6.45) is 0. The van der Waals surface area contributed by atoms with Gasteiger partial charge in [0.1, 0.15) is 11.3 Å². The highest BCUT2D eigenvalue weighted by atomic mass is 16.6. The molecule has 0 aliphatic heterocycles. The minimum absolute atomic E-state index is 0.148. The van der Waals surface area contributed by atoms with E-state index in [9.17, 15) is 14.9 Å². The zero-order valence-corrected chi connectivity index (χ0v) is 8.80. The van der Waals surface area contributed by atoms with Gasteiger partial charge in [-0.2, -0.15) is 0 Å². The molecule has 0 fully saturated rings. The minimum Gasteiger partial charge on any atom is -0.477 e. The van der Waals surface area contributed by atoms with E-state index in [1.165, 1.54) is 23.2 Å². The molecule has 7 nitrogen and oxygen atoms in total. The quantitative estimate of drug-likeness (QED) is 0.590. The average Bonchev–Trinajstić information content (AvgIpc) is 2.15. The number of para-hydroxylation sites is 1. The summed E-state index contributed by atoms with van der Waals surface area (Å²) < 4.78 is 0. The zero-order chi connectivity index (χ0) is 12.3. The van der Waals surface area contributed by atoms with Crippen molar-refractivity contribution in [2.24, 2.45) is 0 Å². The maximum Gasteiger partial charge on any atom is 0.342 e. The van der Waals surface area contributed by atoms with Gasteiger partial charge in [0.25, 0.3) is 0 Å². The van der Waals surface area contributed by atoms with Crippen LogP contribution in [0.15, 0.2) is 18.2 Å². The Balaban J connectivity index is 3.32. The van der Waals surface area contributed by atoms with Crippen LogP contribution in [0, 0.1) is 10.1 Å². The first-order chi connectivity index (χ1) is 7.43. The van der Waals surface area contributed by atoms with Crippen LogP contribution >= 0.6 is 0 Å². The molecular formula is C9H11N3O4. The molecule has 0 heterocycles. The monoisotopic (exact) mass is 225 g/mol. The van der Waals surface area contributed by atoms with Crippen molar-refractivity contribution in [2.45, 2.75) is 0 Å². The van der Waals surface area contributed by atoms with Gasteiger partial charge in [0.2, 0.25) is 0 Å². The molecule has 86 valence electrons. The van der Waals surface area contributed by atoms with Crippen molar-refractivity contribution in [3.8, 4) is 0 Å². The highest BCUT2D eigenvalue weighted by Crippen LogP contribution is 2.28. The van der Waals surface area contributed by atoms with Crippen molar-refractivity contribution in [1.82, 2.24) is 5.01 Å². The molecule has 0 aliphatic carbocycles. The maximum atomic E-state index is 10.8. The highest BCUT2D eigenvalue weighted by Gasteiger charge is 2.24. The molecule has 0 saturated heterocycles. The van der Waals surface area contributed by atoms with E-state index in [4.69, 9.17) is 5.11 Å². The maximum absolute atomic E-state index is 10.8. The van der Waals surface area contributed by atoms with E-state index in [0.717, 1.165) is 0 Å². The van der Waals surface area contributed by atoms with Crippen LogP contribution in [0.2, 0.25) is 0 Å². The van der Waals surface area contributed by atoms with E-state index < -0.39 is 16.6 Å². The van der Waals surface area contributed by atoms with Gasteiger partial charge in [-0.15, -0.1) is 0 Å². The molecule has 0 bridgehead atoms. The van der Waals surface area contributed by atoms with E-state index in [-0.39, 0.29) is 11.3 Å². The highest BCUT2D eigenvalue weighted by molar-refractivity contribution is 5.95. The number of nitrogens with zero attached hydrogens (tertiary/aromatic N) is 2. The number of hydrazine groups is 1. The fourth-order valence-corrected chi connectivity index (χ4v) is 1.24. The fourth-order valence-electron chi connectivity index (χ4n) is 1.24. The number of nitro groups is 1. The van der Waals surface area contributed by atoms with Gasteiger partial charge >= 0.3 is 11.7 Å². The minimum atomic E-state index is -1.32. The van der Waals surface area contributed by atoms with Crippen LogP contribution in [0.4, 0.5) is 11.4 Å². The number of carboxylic acid groups (broad SMARTS) is 1. The molecule has 0 amide bonds. The van der Waals surface area contributed by atoms with Gasteiger partial charge in [-0.05, 0) is 12.1 Å². The van der Waals surface area contributed by atoms with Crippen LogP contribution in [0.25, 0.3) is 0 Å². The smallest absolute Gasteiger partial charge is 0.342 e. The topological polar surface area (TPSA) is 95.7 Å². The first-order valence-corrected chi connectivity index (χ1v) is 4.38. The lowest BCUT2D eigenvalue weighted by atomic mass is 10.1. The molecule has 1 aromatic carbocycles. The van der Waals surface area contributed by atoms with Crippen molar-refractivity contribution in [3.05, 3.63) is 33.9 Å². The van der Waals surface area contributed by atoms with Crippen LogP contribution < -0.4 is 5.43 Å². The SMILES string of the molecule is CN(C)Nc1cccc(C(=O)O)c1[N+](=O)[O-]. The third-order valence-electron chi connectivity index (χ3n) is 1.79. The van der Waals surface area contributed by atoms with Gasteiger partial charge in [-0.1, -0.05) is 6.07 Å². The van der Waals surface area contributed by atoms with Crippen molar-refractivity contribution >= 4 is 17.3 Å². The summed E-state index contributed by atoms with van der Waals surface area (Å²) in [4.78, 5) is 20.9. The fraction of sp³-hybridized carbons (Fsp3) is 0.222. The average molecular weight is 225 g/mol. The lowest BCUT2D eigenvalue weighted by Crippen LogP contribution is -2.21. The normalized spacial score (nSPS) is 10.2. The molecule has 0 atom stereocenters. The Morgan fingerprint density at radius 3 is 2.56 bits per heavy atom. The van der Waals surface area contributed by atoms with Gasteiger partial charge in [-0.25, -0.2) is 9.80 Å². The molecular weight excluding hydrogens is 214 g/mol. The number of hydrogen-bond acceptors (Lipinski definition) is 5. The molecule has 0 radical (unpaired) electrons. The third-order valence-corrected chi connectivity index (χ3v) is 1.79. The van der Waals surface area contributed by atoms with Gasteiger partial charge < -0.3 is 10.5 Å². The standard InChI is InChI=1S/C9H11N3O4/c1-11(2)10-7-5-3-4-6(9(13)14)8(7)12(15)16/h3-5,10H,1-2H3,(H,13,14). The van der Waals surface area contributed by atoms with E-state index in [0.29, 0.717) is 0 Å². The molecule has 16 heavy (non-hydrogen) atoms. The van der Waals surface area contributed by atoms with Crippen LogP contribution in [0.5, 0.6) is 0 Å². The predicted molar refractivity (Wildman–Crippen MR) is 57.4 cm³/mol. The van der Waals surface area contributed by atoms with E-state index in [1.54, 1.807) is 14.1 Å². The second kappa shape index (κ2) is 4.58. The van der Waals surface area contributed by atoms with Crippen molar-refractivity contribution in [1.29, 1.82) is 0 Å². The molecule has 0 spiro atoms.